The van der Waals surface area contributed by atoms with Crippen LogP contribution in [0.15, 0.2) is 36.5 Å². The lowest BCUT2D eigenvalue weighted by atomic mass is 9.52. The molecule has 5 aliphatic rings. The Morgan fingerprint density at radius 3 is 2.62 bits per heavy atom. The molecule has 5 aliphatic carbocycles. The van der Waals surface area contributed by atoms with Gasteiger partial charge in [-0.15, -0.1) is 0 Å². The lowest BCUT2D eigenvalue weighted by Crippen LogP contribution is -2.59. The maximum absolute atomic E-state index is 12.1. The number of ether oxygens (including phenoxy) is 1. The quantitative estimate of drug-likeness (QED) is 0.593. The minimum Gasteiger partial charge on any atom is -0.378 e. The van der Waals surface area contributed by atoms with Crippen LogP contribution >= 0.6 is 0 Å². The Bertz CT molecular complexity index is 1010. The summed E-state index contributed by atoms with van der Waals surface area (Å²) in [6, 6.07) is 10.1. The van der Waals surface area contributed by atoms with Gasteiger partial charge in [0.15, 0.2) is 0 Å². The molecule has 168 valence electrons. The van der Waals surface area contributed by atoms with E-state index in [2.05, 4.69) is 20.9 Å². The third-order valence-electron chi connectivity index (χ3n) is 7.95. The van der Waals surface area contributed by atoms with Crippen molar-refractivity contribution in [1.29, 1.82) is 0 Å². The zero-order chi connectivity index (χ0) is 21.7. The Balaban J connectivity index is 1.14. The van der Waals surface area contributed by atoms with Gasteiger partial charge in [0.25, 0.3) is 0 Å². The topological polar surface area (TPSA) is 88.2 Å². The van der Waals surface area contributed by atoms with Crippen LogP contribution in [0.1, 0.15) is 44.9 Å². The summed E-state index contributed by atoms with van der Waals surface area (Å²) in [5, 5.41) is 10.0. The smallest absolute Gasteiger partial charge is 0.229 e. The SMILES string of the molecule is CO[C@]12CC3CC(C1)[C@@H](Nc1ccnc(Nc4cccc(NC(=O)C5CC5)c4)n1)C(C3)C2. The van der Waals surface area contributed by atoms with E-state index in [0.29, 0.717) is 23.8 Å². The summed E-state index contributed by atoms with van der Waals surface area (Å²) < 4.78 is 5.99. The molecule has 5 fully saturated rings. The van der Waals surface area contributed by atoms with Crippen molar-refractivity contribution in [2.75, 3.05) is 23.1 Å². The van der Waals surface area contributed by atoms with Gasteiger partial charge in [-0.3, -0.25) is 4.79 Å². The van der Waals surface area contributed by atoms with Gasteiger partial charge in [-0.2, -0.15) is 4.98 Å². The van der Waals surface area contributed by atoms with Crippen molar-refractivity contribution < 1.29 is 9.53 Å². The molecular formula is C25H31N5O2. The summed E-state index contributed by atoms with van der Waals surface area (Å²) >= 11 is 0. The molecule has 0 radical (unpaired) electrons. The highest BCUT2D eigenvalue weighted by molar-refractivity contribution is 5.94. The van der Waals surface area contributed by atoms with Gasteiger partial charge in [-0.25, -0.2) is 4.98 Å². The highest BCUT2D eigenvalue weighted by Gasteiger charge is 2.55. The second-order valence-corrected chi connectivity index (χ2v) is 10.3. The van der Waals surface area contributed by atoms with Gasteiger partial charge in [-0.05, 0) is 87.0 Å². The molecule has 0 spiro atoms. The van der Waals surface area contributed by atoms with E-state index in [4.69, 9.17) is 9.72 Å². The number of rotatable bonds is 7. The summed E-state index contributed by atoms with van der Waals surface area (Å²) in [5.41, 5.74) is 1.77. The van der Waals surface area contributed by atoms with Crippen LogP contribution in [0, 0.1) is 23.7 Å². The fourth-order valence-corrected chi connectivity index (χ4v) is 6.50. The zero-order valence-corrected chi connectivity index (χ0v) is 18.5. The molecule has 2 aromatic rings. The minimum atomic E-state index is 0.107. The number of nitrogens with one attached hydrogen (secondary N) is 3. The van der Waals surface area contributed by atoms with Crippen LogP contribution in [0.5, 0.6) is 0 Å². The molecule has 1 amide bonds. The van der Waals surface area contributed by atoms with Gasteiger partial charge in [0.05, 0.1) is 5.60 Å². The lowest BCUT2D eigenvalue weighted by molar-refractivity contribution is -0.149. The second-order valence-electron chi connectivity index (χ2n) is 10.3. The van der Waals surface area contributed by atoms with Crippen molar-refractivity contribution in [2.45, 2.75) is 56.6 Å². The maximum Gasteiger partial charge on any atom is 0.229 e. The molecule has 7 nitrogen and oxygen atoms in total. The highest BCUT2D eigenvalue weighted by Crippen LogP contribution is 2.57. The molecule has 3 N–H and O–H groups in total. The summed E-state index contributed by atoms with van der Waals surface area (Å²) in [5.74, 6) is 3.83. The first-order chi connectivity index (χ1) is 15.6. The molecule has 0 saturated heterocycles. The standard InChI is InChI=1S/C25H31N5O2/c1-32-25-12-15-9-17(13-25)22(18(10-15)14-25)29-21-7-8-26-24(30-21)28-20-4-2-3-19(11-20)27-23(31)16-5-6-16/h2-4,7-8,11,15-18,22H,5-6,9-10,12-14H2,1H3,(H,27,31)(H2,26,28,29,30)/t15?,17?,18?,22-,25-. The van der Waals surface area contributed by atoms with Gasteiger partial charge in [0, 0.05) is 36.6 Å². The summed E-state index contributed by atoms with van der Waals surface area (Å²) in [7, 11) is 1.89. The van der Waals surface area contributed by atoms with Gasteiger partial charge in [0.2, 0.25) is 11.9 Å². The van der Waals surface area contributed by atoms with E-state index in [9.17, 15) is 4.79 Å². The molecule has 4 bridgehead atoms. The zero-order valence-electron chi connectivity index (χ0n) is 18.5. The summed E-state index contributed by atoms with van der Waals surface area (Å²) in [4.78, 5) is 21.2. The third-order valence-corrected chi connectivity index (χ3v) is 7.95. The average molecular weight is 434 g/mol. The number of nitrogens with zero attached hydrogens (tertiary/aromatic N) is 2. The van der Waals surface area contributed by atoms with E-state index < -0.39 is 0 Å². The second kappa shape index (κ2) is 7.73. The fraction of sp³-hybridized carbons (Fsp3) is 0.560. The first kappa shape index (κ1) is 20.0. The molecule has 1 aromatic heterocycles. The molecular weight excluding hydrogens is 402 g/mol. The fourth-order valence-electron chi connectivity index (χ4n) is 6.50. The van der Waals surface area contributed by atoms with Crippen LogP contribution in [-0.4, -0.2) is 34.6 Å². The van der Waals surface area contributed by atoms with Gasteiger partial charge in [0.1, 0.15) is 5.82 Å². The number of aromatic nitrogens is 2. The van der Waals surface area contributed by atoms with Gasteiger partial charge in [-0.1, -0.05) is 6.07 Å². The predicted molar refractivity (Wildman–Crippen MR) is 124 cm³/mol. The normalized spacial score (nSPS) is 32.5. The summed E-state index contributed by atoms with van der Waals surface area (Å²) in [6.07, 6.45) is 9.94. The lowest BCUT2D eigenvalue weighted by Gasteiger charge is -2.59. The predicted octanol–water partition coefficient (Wildman–Crippen LogP) is 4.57. The number of methoxy groups -OCH3 is 1. The van der Waals surface area contributed by atoms with Crippen molar-refractivity contribution in [3.63, 3.8) is 0 Å². The van der Waals surface area contributed by atoms with Crippen molar-refractivity contribution in [2.24, 2.45) is 23.7 Å². The molecule has 7 rings (SSSR count). The van der Waals surface area contributed by atoms with Crippen LogP contribution < -0.4 is 16.0 Å². The van der Waals surface area contributed by atoms with Crippen LogP contribution in [-0.2, 0) is 9.53 Å². The molecule has 32 heavy (non-hydrogen) atoms. The molecule has 5 saturated carbocycles. The number of anilines is 4. The Hall–Kier alpha value is -2.67. The maximum atomic E-state index is 12.1. The molecule has 1 aromatic carbocycles. The van der Waals surface area contributed by atoms with Gasteiger partial charge >= 0.3 is 0 Å². The number of benzene rings is 1. The minimum absolute atomic E-state index is 0.107. The Morgan fingerprint density at radius 1 is 1.09 bits per heavy atom. The van der Waals surface area contributed by atoms with Crippen LogP contribution in [0.25, 0.3) is 0 Å². The number of carbonyl (C=O) groups excluding carboxylic acids is 1. The summed E-state index contributed by atoms with van der Waals surface area (Å²) in [6.45, 7) is 0. The molecule has 0 aliphatic heterocycles. The van der Waals surface area contributed by atoms with E-state index in [0.717, 1.165) is 48.8 Å². The Labute approximate surface area is 188 Å². The van der Waals surface area contributed by atoms with Crippen molar-refractivity contribution in [3.8, 4) is 0 Å². The molecule has 2 atom stereocenters. The van der Waals surface area contributed by atoms with Crippen LogP contribution in [0.2, 0.25) is 0 Å². The first-order valence-electron chi connectivity index (χ1n) is 11.9. The Kier molecular flexibility index (Phi) is 4.82. The molecule has 7 heteroatoms. The van der Waals surface area contributed by atoms with E-state index in [1.807, 2.05) is 37.4 Å². The van der Waals surface area contributed by atoms with E-state index in [1.165, 1.54) is 19.3 Å². The molecule has 2 unspecified atom stereocenters. The Morgan fingerprint density at radius 2 is 1.88 bits per heavy atom. The number of hydrogen-bond acceptors (Lipinski definition) is 6. The first-order valence-corrected chi connectivity index (χ1v) is 11.9. The van der Waals surface area contributed by atoms with Crippen molar-refractivity contribution >= 4 is 29.0 Å². The monoisotopic (exact) mass is 433 g/mol. The highest BCUT2D eigenvalue weighted by atomic mass is 16.5. The number of hydrogen-bond donors (Lipinski definition) is 3. The van der Waals surface area contributed by atoms with E-state index in [1.54, 1.807) is 6.20 Å². The average Bonchev–Trinajstić information content (AvgIpc) is 3.62. The third kappa shape index (κ3) is 3.83. The largest absolute Gasteiger partial charge is 0.378 e. The van der Waals surface area contributed by atoms with Crippen molar-refractivity contribution in [3.05, 3.63) is 36.5 Å². The molecule has 1 heterocycles. The van der Waals surface area contributed by atoms with E-state index in [-0.39, 0.29) is 17.4 Å². The number of amides is 1. The number of carbonyl (C=O) groups is 1. The van der Waals surface area contributed by atoms with Crippen LogP contribution in [0.3, 0.4) is 0 Å². The van der Waals surface area contributed by atoms with Crippen LogP contribution in [0.4, 0.5) is 23.1 Å². The van der Waals surface area contributed by atoms with Crippen molar-refractivity contribution in [1.82, 2.24) is 9.97 Å². The van der Waals surface area contributed by atoms with Gasteiger partial charge < -0.3 is 20.7 Å². The van der Waals surface area contributed by atoms with E-state index >= 15 is 0 Å².